The first-order chi connectivity index (χ1) is 12.8. The van der Waals surface area contributed by atoms with Gasteiger partial charge in [0.25, 0.3) is 11.5 Å². The van der Waals surface area contributed by atoms with Crippen molar-refractivity contribution in [3.05, 3.63) is 0 Å². The number of nitriles is 1. The van der Waals surface area contributed by atoms with Gasteiger partial charge < -0.3 is 15.3 Å². The highest BCUT2D eigenvalue weighted by Crippen LogP contribution is 2.37. The molecule has 0 heterocycles. The van der Waals surface area contributed by atoms with Gasteiger partial charge in [0.1, 0.15) is 6.07 Å². The van der Waals surface area contributed by atoms with E-state index in [0.717, 1.165) is 0 Å². The van der Waals surface area contributed by atoms with Gasteiger partial charge in [0.05, 0.1) is 10.7 Å². The van der Waals surface area contributed by atoms with E-state index < -0.39 is 58.8 Å². The van der Waals surface area contributed by atoms with E-state index in [9.17, 15) is 31.1 Å². The minimum Gasteiger partial charge on any atom is -0.393 e. The second-order valence-electron chi connectivity index (χ2n) is 6.09. The minimum absolute atomic E-state index is 0. The number of amides is 1. The molecule has 0 rings (SSSR count). The van der Waals surface area contributed by atoms with Gasteiger partial charge in [-0.1, -0.05) is 46.7 Å². The highest BCUT2D eigenvalue weighted by atomic mass is 79.9. The van der Waals surface area contributed by atoms with Crippen molar-refractivity contribution in [2.45, 2.75) is 58.0 Å². The third kappa shape index (κ3) is 16.2. The van der Waals surface area contributed by atoms with Gasteiger partial charge in [0.15, 0.2) is 8.32 Å². The number of hydrogen-bond acceptors (Lipinski definition) is 6. The largest absolute Gasteiger partial charge is 0.430 e. The van der Waals surface area contributed by atoms with Gasteiger partial charge in [-0.05, 0) is 19.6 Å². The number of halogens is 8. The van der Waals surface area contributed by atoms with Crippen molar-refractivity contribution in [1.82, 2.24) is 0 Å². The van der Waals surface area contributed by atoms with Gasteiger partial charge in [-0.15, -0.1) is 0 Å². The molecular formula is C13H26Br2F6N2O7SSi. The molecule has 0 bridgehead atoms. The van der Waals surface area contributed by atoms with Crippen LogP contribution in [0.5, 0.6) is 0 Å². The number of carbonyl (C=O) groups excluding carboxylic acids is 1. The number of nitrogens with zero attached hydrogens (tertiary/aromatic N) is 1. The molecule has 0 saturated carbocycles. The Kier molecular flexibility index (Phi) is 19.2. The molecule has 0 aromatic heterocycles. The predicted molar refractivity (Wildman–Crippen MR) is 114 cm³/mol. The molecule has 0 aliphatic rings. The first-order valence-corrected chi connectivity index (χ1v) is 14.0. The monoisotopic (exact) mass is 654 g/mol. The van der Waals surface area contributed by atoms with Crippen molar-refractivity contribution >= 4 is 56.5 Å². The minimum atomic E-state index is -5.04. The number of primary amides is 1. The Morgan fingerprint density at radius 3 is 1.38 bits per heavy atom. The zero-order chi connectivity index (χ0) is 25.4. The molecule has 0 aliphatic heterocycles. The molecule has 0 radical (unpaired) electrons. The predicted octanol–water partition coefficient (Wildman–Crippen LogP) is 3.84. The van der Waals surface area contributed by atoms with Crippen molar-refractivity contribution < 1.29 is 58.2 Å². The van der Waals surface area contributed by atoms with Gasteiger partial charge >= 0.3 is 22.8 Å². The third-order valence-corrected chi connectivity index (χ3v) is 4.94. The van der Waals surface area contributed by atoms with Crippen LogP contribution in [0.4, 0.5) is 26.3 Å². The third-order valence-electron chi connectivity index (χ3n) is 2.38. The fourth-order valence-corrected chi connectivity index (χ4v) is 3.72. The number of carbonyl (C=O) groups is 1. The van der Waals surface area contributed by atoms with Crippen molar-refractivity contribution in [2.24, 2.45) is 5.73 Å². The van der Waals surface area contributed by atoms with Gasteiger partial charge in [-0.25, -0.2) is 0 Å². The summed E-state index contributed by atoms with van der Waals surface area (Å²) in [5.74, 6) is -1.82. The molecule has 0 spiro atoms. The fraction of sp³-hybridized carbons (Fsp3) is 0.846. The van der Waals surface area contributed by atoms with Gasteiger partial charge in [-0.2, -0.15) is 40.0 Å². The molecule has 0 fully saturated rings. The molecule has 2 unspecified atom stereocenters. The Morgan fingerprint density at radius 2 is 1.34 bits per heavy atom. The average Bonchev–Trinajstić information content (AvgIpc) is 2.47. The lowest BCUT2D eigenvalue weighted by molar-refractivity contribution is -0.241. The number of hydrogen-bond donors (Lipinski definition) is 4. The van der Waals surface area contributed by atoms with E-state index in [2.05, 4.69) is 37.6 Å². The number of nitrogens with two attached hydrogens (primary N) is 1. The van der Waals surface area contributed by atoms with Crippen molar-refractivity contribution in [3.8, 4) is 6.07 Å². The van der Waals surface area contributed by atoms with Crippen LogP contribution in [0.15, 0.2) is 0 Å². The van der Waals surface area contributed by atoms with Crippen LogP contribution in [0.3, 0.4) is 0 Å². The van der Waals surface area contributed by atoms with Gasteiger partial charge in [-0.3, -0.25) is 13.9 Å². The molecule has 0 aromatic rings. The van der Waals surface area contributed by atoms with Crippen LogP contribution in [0.25, 0.3) is 0 Å². The molecule has 5 N–H and O–H groups in total. The Balaban J connectivity index is -0.000000121. The van der Waals surface area contributed by atoms with Crippen LogP contribution in [-0.2, 0) is 19.6 Å². The summed E-state index contributed by atoms with van der Waals surface area (Å²) in [5, 5.41) is 15.6. The topological polar surface area (TPSA) is 171 Å². The van der Waals surface area contributed by atoms with Crippen LogP contribution in [0.2, 0.25) is 19.6 Å². The summed E-state index contributed by atoms with van der Waals surface area (Å²) < 4.78 is 109. The lowest BCUT2D eigenvalue weighted by Gasteiger charge is -2.33. The van der Waals surface area contributed by atoms with Crippen molar-refractivity contribution in [2.75, 3.05) is 10.7 Å². The molecule has 32 heavy (non-hydrogen) atoms. The molecule has 9 nitrogen and oxygen atoms in total. The van der Waals surface area contributed by atoms with Crippen LogP contribution in [0.1, 0.15) is 14.9 Å². The number of rotatable bonds is 5. The summed E-state index contributed by atoms with van der Waals surface area (Å²) in [6.45, 7) is 4.81. The molecule has 0 aromatic carbocycles. The van der Waals surface area contributed by atoms with Crippen molar-refractivity contribution in [1.29, 1.82) is 5.26 Å². The molecular weight excluding hydrogens is 630 g/mol. The van der Waals surface area contributed by atoms with E-state index in [1.54, 1.807) is 19.6 Å². The highest BCUT2D eigenvalue weighted by molar-refractivity contribution is 9.09. The molecule has 19 heteroatoms. The first kappa shape index (κ1) is 41.7. The van der Waals surface area contributed by atoms with Gasteiger partial charge in [0, 0.05) is 0 Å². The molecule has 1 amide bonds. The maximum atomic E-state index is 12.6. The number of alkyl halides is 8. The van der Waals surface area contributed by atoms with Crippen LogP contribution >= 0.6 is 31.9 Å². The summed E-state index contributed by atoms with van der Waals surface area (Å²) in [4.78, 5) is 10.1. The Morgan fingerprint density at radius 1 is 1.03 bits per heavy atom. The quantitative estimate of drug-likeness (QED) is 0.150. The SMILES string of the molecule is C.C.C[Si](C)(C)OC(C#N)(CBr)C(F)(F)F.NC(=O)C(O)(CBr)C(F)(F)F.O=S(=O)(O)O. The summed E-state index contributed by atoms with van der Waals surface area (Å²) in [6, 6.07) is 1.20. The zero-order valence-electron chi connectivity index (χ0n) is 15.3. The van der Waals surface area contributed by atoms with Crippen LogP contribution in [0, 0.1) is 11.3 Å². The first-order valence-electron chi connectivity index (χ1n) is 6.92. The average molecular weight is 656 g/mol. The summed E-state index contributed by atoms with van der Waals surface area (Å²) >= 11 is 5.01. The zero-order valence-corrected chi connectivity index (χ0v) is 20.3. The summed E-state index contributed by atoms with van der Waals surface area (Å²) in [6.07, 6.45) is -9.71. The van der Waals surface area contributed by atoms with Crippen LogP contribution < -0.4 is 5.73 Å². The van der Waals surface area contributed by atoms with E-state index in [1.807, 2.05) is 0 Å². The fourth-order valence-electron chi connectivity index (χ4n) is 1.08. The molecule has 196 valence electrons. The van der Waals surface area contributed by atoms with E-state index in [-0.39, 0.29) is 14.9 Å². The normalized spacial score (nSPS) is 15.4. The lowest BCUT2D eigenvalue weighted by atomic mass is 10.1. The second kappa shape index (κ2) is 14.7. The molecule has 0 saturated heterocycles. The van der Waals surface area contributed by atoms with E-state index in [4.69, 9.17) is 32.3 Å². The standard InChI is InChI=1S/C7H11BrF3NOSi.C4H5BrF3NO2.2CH4.H2O4S/c1-14(2,3)13-6(4-8,5-12)7(9,10)11;5-1-3(11,2(9)10)4(6,7)8;;;1-5(2,3)4/h4H2,1-3H3;11H,1H2,(H2,9,10);2*1H4;(H2,1,2,3,4). The Bertz CT molecular complexity index is 706. The van der Waals surface area contributed by atoms with E-state index in [1.165, 1.54) is 6.07 Å². The molecule has 0 aliphatic carbocycles. The maximum absolute atomic E-state index is 12.6. The Hall–Kier alpha value is -0.493. The van der Waals surface area contributed by atoms with Gasteiger partial charge in [0.2, 0.25) is 5.60 Å². The summed E-state index contributed by atoms with van der Waals surface area (Å²) in [7, 11) is -7.08. The lowest BCUT2D eigenvalue weighted by Crippen LogP contribution is -2.56. The van der Waals surface area contributed by atoms with E-state index in [0.29, 0.717) is 0 Å². The smallest absolute Gasteiger partial charge is 0.393 e. The molecule has 2 atom stereocenters. The Labute approximate surface area is 200 Å². The van der Waals surface area contributed by atoms with Crippen LogP contribution in [-0.4, -0.2) is 71.1 Å². The number of aliphatic hydroxyl groups is 1. The second-order valence-corrected chi connectivity index (χ2v) is 12.5. The summed E-state index contributed by atoms with van der Waals surface area (Å²) in [5.41, 5.74) is -1.85. The van der Waals surface area contributed by atoms with E-state index >= 15 is 0 Å². The van der Waals surface area contributed by atoms with Crippen molar-refractivity contribution in [3.63, 3.8) is 0 Å². The highest BCUT2D eigenvalue weighted by Gasteiger charge is 2.58. The maximum Gasteiger partial charge on any atom is 0.430 e.